The number of hydrogen-bond donors (Lipinski definition) is 3. The smallest absolute Gasteiger partial charge is 0.270 e. The fourth-order valence-corrected chi connectivity index (χ4v) is 12.8. The van der Waals surface area contributed by atoms with Crippen LogP contribution in [0.15, 0.2) is 187 Å². The molecule has 0 saturated heterocycles. The number of nitrogens with one attached hydrogen (secondary N) is 2. The largest absolute Gasteiger partial charge is 0.415 e. The predicted octanol–water partition coefficient (Wildman–Crippen LogP) is 11.8. The number of nitrogens with two attached hydrogens (primary N) is 1. The van der Waals surface area contributed by atoms with E-state index in [4.69, 9.17) is 24.0 Å². The molecule has 0 fully saturated rings. The normalized spacial score (nSPS) is 12.4. The molecule has 12 aromatic rings. The van der Waals surface area contributed by atoms with Crippen LogP contribution < -0.4 is 16.4 Å². The lowest BCUT2D eigenvalue weighted by Crippen LogP contribution is -2.23. The second kappa shape index (κ2) is 30.0. The molecule has 0 radical (unpaired) electrons. The standard InChI is InChI=1S/C24H24N6O3S.C24H25N5O2S.C21H18N4O3S.H2O.5H2/c1-14(2)34(31,32)19-7-5-15(6-8-19)20-13-27-22(25)21(28-20)24-30-29-23(33-24)17-3-4-18-12-26-10-9-16(18)11-17;1-15(2)32(30)20-10-8-18(9-11-20)21-14-26-16(3)22(27-21)24-29-28-23(31-24)19-7-5-6-17(12-19)13-25-4;1-14-19(21-25-24-20(28-21)16-8-4-3-5-9-16)23-18(12-22-14)17-10-6-7-15(11-17)13-29(2,26)27;;;;;;/h3-8,11,13-14,26H,9-10,12H2,1-2H3,(H2,25,27);5-12,14-15,25H,13H2,1-4H3;3-12H,13H2,1-2H3;1H2;5*1H. The molecule has 7 heterocycles. The Bertz CT molecular complexity index is 5000. The fraction of sp³-hybridized carbons (Fsp3) is 0.217. The highest BCUT2D eigenvalue weighted by molar-refractivity contribution is 7.92. The zero-order valence-corrected chi connectivity index (χ0v) is 56.2. The number of rotatable bonds is 17. The summed E-state index contributed by atoms with van der Waals surface area (Å²) >= 11 is 0. The van der Waals surface area contributed by atoms with Crippen molar-refractivity contribution >= 4 is 36.3 Å². The minimum absolute atomic E-state index is 0. The quantitative estimate of drug-likeness (QED) is 0.0762. The van der Waals surface area contributed by atoms with Crippen molar-refractivity contribution in [2.24, 2.45) is 0 Å². The monoisotopic (exact) mass is 1360 g/mol. The average molecular weight is 1360 g/mol. The van der Waals surface area contributed by atoms with Gasteiger partial charge in [-0.3, -0.25) is 14.2 Å². The van der Waals surface area contributed by atoms with Crippen LogP contribution in [0.2, 0.25) is 0 Å². The van der Waals surface area contributed by atoms with Gasteiger partial charge in [0.15, 0.2) is 31.2 Å². The Morgan fingerprint density at radius 2 is 1.03 bits per heavy atom. The van der Waals surface area contributed by atoms with E-state index in [9.17, 15) is 21.0 Å². The molecule has 13 rings (SSSR count). The number of nitrogen functional groups attached to an aromatic ring is 1. The van der Waals surface area contributed by atoms with Gasteiger partial charge in [0.25, 0.3) is 17.7 Å². The van der Waals surface area contributed by atoms with Gasteiger partial charge in [0.1, 0.15) is 11.4 Å². The molecule has 1 aliphatic rings. The van der Waals surface area contributed by atoms with Crippen molar-refractivity contribution in [3.63, 3.8) is 0 Å². The van der Waals surface area contributed by atoms with Crippen LogP contribution in [0, 0.1) is 13.8 Å². The topological polar surface area (TPSA) is 361 Å². The maximum atomic E-state index is 12.4. The molecule has 6 N–H and O–H groups in total. The van der Waals surface area contributed by atoms with E-state index in [-0.39, 0.29) is 51.8 Å². The SMILES string of the molecule is CC(C)S(=O)(=O)c1ccc(-c2cnc(N)c(-c3nnc(-c4ccc5c(c4)CCNC5)o3)n2)cc1.CNCc1cccc(-c2nnc(-c3nc(-c4ccc(S(=O)C(C)C)cc4)cnc3C)o2)c1.Cc1ncc(-c2cccc(CS(C)(=O)=O)c2)nc1-c1nnc(-c2ccccc2)o1.O.[HH].[HH].[HH].[HH].[HH]. The van der Waals surface area contributed by atoms with Crippen LogP contribution in [0.3, 0.4) is 0 Å². The van der Waals surface area contributed by atoms with Gasteiger partial charge in [-0.15, -0.1) is 30.6 Å². The second-order valence-corrected chi connectivity index (χ2v) is 29.5. The minimum Gasteiger partial charge on any atom is -0.415 e. The summed E-state index contributed by atoms with van der Waals surface area (Å²) in [5.74, 6) is 2.12. The lowest BCUT2D eigenvalue weighted by atomic mass is 9.98. The van der Waals surface area contributed by atoms with Gasteiger partial charge in [-0.2, -0.15) is 0 Å². The summed E-state index contributed by atoms with van der Waals surface area (Å²) < 4.78 is 77.9. The molecule has 1 unspecified atom stereocenters. The highest BCUT2D eigenvalue weighted by Crippen LogP contribution is 2.33. The molecule has 6 aromatic heterocycles. The number of benzene rings is 6. The van der Waals surface area contributed by atoms with Gasteiger partial charge in [-0.05, 0) is 137 Å². The molecule has 0 amide bonds. The number of sulfone groups is 2. The van der Waals surface area contributed by atoms with E-state index in [0.29, 0.717) is 74.5 Å². The number of hydrogen-bond acceptors (Lipinski definition) is 23. The zero-order valence-electron chi connectivity index (χ0n) is 53.7. The van der Waals surface area contributed by atoms with Gasteiger partial charge in [0.2, 0.25) is 17.7 Å². The Balaban J connectivity index is 0.000000266. The summed E-state index contributed by atoms with van der Waals surface area (Å²) in [6.07, 6.45) is 7.05. The first-order chi connectivity index (χ1) is 45.7. The van der Waals surface area contributed by atoms with Gasteiger partial charge in [0, 0.05) is 70.0 Å². The summed E-state index contributed by atoms with van der Waals surface area (Å²) in [5, 5.41) is 31.1. The van der Waals surface area contributed by atoms with Gasteiger partial charge in [-0.25, -0.2) is 36.8 Å². The maximum Gasteiger partial charge on any atom is 0.270 e. The Labute approximate surface area is 564 Å². The summed E-state index contributed by atoms with van der Waals surface area (Å²) in [4.78, 5) is 28.1. The number of anilines is 1. The number of aromatic nitrogens is 12. The third-order valence-electron chi connectivity index (χ3n) is 15.1. The summed E-state index contributed by atoms with van der Waals surface area (Å²) in [5.41, 5.74) is 19.7. The molecule has 0 saturated carbocycles. The lowest BCUT2D eigenvalue weighted by molar-refractivity contribution is 0.580. The zero-order chi connectivity index (χ0) is 67.0. The first kappa shape index (κ1) is 68.6. The molecular formula is C69H79N15O9S3. The van der Waals surface area contributed by atoms with E-state index in [2.05, 4.69) is 78.3 Å². The lowest BCUT2D eigenvalue weighted by Gasteiger charge is -2.17. The third-order valence-corrected chi connectivity index (χ3v) is 19.7. The average Bonchev–Trinajstić information content (AvgIpc) is 1.79. The molecule has 96 heavy (non-hydrogen) atoms. The van der Waals surface area contributed by atoms with E-state index >= 15 is 0 Å². The fourth-order valence-electron chi connectivity index (χ4n) is 10.0. The van der Waals surface area contributed by atoms with Crippen LogP contribution in [0.4, 0.5) is 5.82 Å². The number of nitrogens with zero attached hydrogens (tertiary/aromatic N) is 12. The first-order valence-corrected chi connectivity index (χ1v) is 35.1. The molecular weight excluding hydrogens is 1280 g/mol. The van der Waals surface area contributed by atoms with Crippen molar-refractivity contribution in [3.8, 4) is 103 Å². The highest BCUT2D eigenvalue weighted by atomic mass is 32.2. The van der Waals surface area contributed by atoms with Crippen molar-refractivity contribution in [1.82, 2.24) is 71.1 Å². The van der Waals surface area contributed by atoms with Crippen molar-refractivity contribution in [2.45, 2.75) is 87.1 Å². The Kier molecular flexibility index (Phi) is 21.4. The molecule has 1 atom stereocenters. The summed E-state index contributed by atoms with van der Waals surface area (Å²) in [6, 6.07) is 44.9. The molecule has 6 aromatic carbocycles. The third kappa shape index (κ3) is 16.3. The van der Waals surface area contributed by atoms with Crippen molar-refractivity contribution in [1.29, 1.82) is 0 Å². The van der Waals surface area contributed by atoms with E-state index in [1.165, 1.54) is 23.6 Å². The van der Waals surface area contributed by atoms with Crippen LogP contribution >= 0.6 is 0 Å². The minimum atomic E-state index is -3.36. The van der Waals surface area contributed by atoms with Crippen molar-refractivity contribution < 1.29 is 46.9 Å². The van der Waals surface area contributed by atoms with Crippen molar-refractivity contribution in [2.75, 3.05) is 25.6 Å². The Morgan fingerprint density at radius 3 is 1.60 bits per heavy atom. The first-order valence-electron chi connectivity index (χ1n) is 30.2. The molecule has 0 bridgehead atoms. The Morgan fingerprint density at radius 1 is 0.552 bits per heavy atom. The van der Waals surface area contributed by atoms with Gasteiger partial charge in [0.05, 0.1) is 73.8 Å². The number of aryl methyl sites for hydroxylation is 2. The van der Waals surface area contributed by atoms with E-state index < -0.39 is 35.7 Å². The van der Waals surface area contributed by atoms with Gasteiger partial charge in [-0.1, -0.05) is 92.7 Å². The second-order valence-electron chi connectivity index (χ2n) is 22.9. The molecule has 502 valence electrons. The van der Waals surface area contributed by atoms with Crippen molar-refractivity contribution in [3.05, 3.63) is 198 Å². The van der Waals surface area contributed by atoms with Gasteiger partial charge < -0.3 is 35.1 Å². The molecule has 1 aliphatic heterocycles. The molecule has 24 nitrogen and oxygen atoms in total. The van der Waals surface area contributed by atoms with Crippen LogP contribution in [0.5, 0.6) is 0 Å². The maximum absolute atomic E-state index is 12.4. The molecule has 0 aliphatic carbocycles. The van der Waals surface area contributed by atoms with Crippen LogP contribution in [0.25, 0.3) is 103 Å². The van der Waals surface area contributed by atoms with Crippen LogP contribution in [-0.2, 0) is 55.7 Å². The van der Waals surface area contributed by atoms with E-state index in [1.807, 2.05) is 126 Å². The number of fused-ring (bicyclic) bond motifs is 1. The van der Waals surface area contributed by atoms with Crippen LogP contribution in [-0.4, -0.2) is 117 Å². The molecule has 0 spiro atoms. The van der Waals surface area contributed by atoms with Crippen LogP contribution in [0.1, 0.15) is 68.5 Å². The summed E-state index contributed by atoms with van der Waals surface area (Å²) in [7, 11) is -5.61. The molecule has 27 heteroatoms. The summed E-state index contributed by atoms with van der Waals surface area (Å²) in [6.45, 7) is 13.4. The Hall–Kier alpha value is -10.3. The van der Waals surface area contributed by atoms with E-state index in [1.54, 1.807) is 68.7 Å². The predicted molar refractivity (Wildman–Crippen MR) is 377 cm³/mol. The van der Waals surface area contributed by atoms with Gasteiger partial charge >= 0.3 is 0 Å². The highest BCUT2D eigenvalue weighted by Gasteiger charge is 2.23. The van der Waals surface area contributed by atoms with E-state index in [0.717, 1.165) is 64.3 Å².